The Morgan fingerprint density at radius 1 is 1.32 bits per heavy atom. The van der Waals surface area contributed by atoms with Crippen molar-refractivity contribution < 1.29 is 9.53 Å². The lowest BCUT2D eigenvalue weighted by atomic mass is 10.3. The van der Waals surface area contributed by atoms with Crippen molar-refractivity contribution >= 4 is 29.1 Å². The molecule has 22 heavy (non-hydrogen) atoms. The van der Waals surface area contributed by atoms with Gasteiger partial charge in [-0.05, 0) is 38.2 Å². The summed E-state index contributed by atoms with van der Waals surface area (Å²) in [4.78, 5) is 12.1. The largest absolute Gasteiger partial charge is 0.462 e. The number of hydrogen-bond acceptors (Lipinski definition) is 4. The first-order valence-corrected chi connectivity index (χ1v) is 7.43. The minimum absolute atomic E-state index is 0.298. The van der Waals surface area contributed by atoms with Crippen molar-refractivity contribution in [2.24, 2.45) is 0 Å². The van der Waals surface area contributed by atoms with E-state index in [1.54, 1.807) is 11.6 Å². The quantitative estimate of drug-likeness (QED) is 0.651. The highest BCUT2D eigenvalue weighted by atomic mass is 32.1. The Balaban J connectivity index is 2.41. The first-order valence-electron chi connectivity index (χ1n) is 7.02. The van der Waals surface area contributed by atoms with E-state index in [2.05, 4.69) is 15.7 Å². The number of benzene rings is 1. The van der Waals surface area contributed by atoms with Crippen molar-refractivity contribution in [1.82, 2.24) is 15.1 Å². The molecule has 1 aromatic heterocycles. The summed E-state index contributed by atoms with van der Waals surface area (Å²) >= 11 is 5.21. The minimum Gasteiger partial charge on any atom is -0.462 e. The standard InChI is InChI=1S/C15H18N4O2S/c1-3-16-15(22)18-13-12(14(20)21-4-2)10-17-19(13)11-8-6-5-7-9-11/h5-10H,3-4H2,1-2H3,(H2,16,18,22). The summed E-state index contributed by atoms with van der Waals surface area (Å²) in [6.07, 6.45) is 1.47. The van der Waals surface area contributed by atoms with Gasteiger partial charge in [0.05, 0.1) is 18.5 Å². The maximum Gasteiger partial charge on any atom is 0.343 e. The zero-order valence-electron chi connectivity index (χ0n) is 12.5. The fourth-order valence-corrected chi connectivity index (χ4v) is 2.15. The monoisotopic (exact) mass is 318 g/mol. The van der Waals surface area contributed by atoms with Crippen molar-refractivity contribution in [2.75, 3.05) is 18.5 Å². The number of esters is 1. The van der Waals surface area contributed by atoms with E-state index >= 15 is 0 Å². The Bertz CT molecular complexity index is 655. The molecule has 0 radical (unpaired) electrons. The predicted octanol–water partition coefficient (Wildman–Crippen LogP) is 2.36. The number of nitrogens with zero attached hydrogens (tertiary/aromatic N) is 2. The van der Waals surface area contributed by atoms with Gasteiger partial charge in [-0.25, -0.2) is 9.48 Å². The number of nitrogens with one attached hydrogen (secondary N) is 2. The van der Waals surface area contributed by atoms with Crippen molar-refractivity contribution in [1.29, 1.82) is 0 Å². The van der Waals surface area contributed by atoms with Gasteiger partial charge in [-0.1, -0.05) is 18.2 Å². The van der Waals surface area contributed by atoms with Crippen LogP contribution >= 0.6 is 12.2 Å². The van der Waals surface area contributed by atoms with E-state index in [0.29, 0.717) is 29.6 Å². The third-order valence-electron chi connectivity index (χ3n) is 2.83. The van der Waals surface area contributed by atoms with Crippen LogP contribution in [0.5, 0.6) is 0 Å². The first kappa shape index (κ1) is 16.0. The van der Waals surface area contributed by atoms with E-state index in [1.165, 1.54) is 6.20 Å². The third kappa shape index (κ3) is 3.62. The maximum absolute atomic E-state index is 12.1. The van der Waals surface area contributed by atoms with Crippen LogP contribution in [0.4, 0.5) is 5.82 Å². The second-order valence-electron chi connectivity index (χ2n) is 4.36. The fraction of sp³-hybridized carbons (Fsp3) is 0.267. The zero-order chi connectivity index (χ0) is 15.9. The molecule has 0 fully saturated rings. The Morgan fingerprint density at radius 3 is 2.68 bits per heavy atom. The second kappa shape index (κ2) is 7.56. The van der Waals surface area contributed by atoms with Crippen LogP contribution in [0.25, 0.3) is 5.69 Å². The van der Waals surface area contributed by atoms with Gasteiger partial charge in [0.2, 0.25) is 0 Å². The van der Waals surface area contributed by atoms with Gasteiger partial charge >= 0.3 is 5.97 Å². The molecule has 1 heterocycles. The number of hydrogen-bond donors (Lipinski definition) is 2. The summed E-state index contributed by atoms with van der Waals surface area (Å²) in [5.41, 5.74) is 1.16. The average Bonchev–Trinajstić information content (AvgIpc) is 2.92. The fourth-order valence-electron chi connectivity index (χ4n) is 1.90. The van der Waals surface area contributed by atoms with E-state index < -0.39 is 5.97 Å². The van der Waals surface area contributed by atoms with Crippen LogP contribution in [-0.4, -0.2) is 34.0 Å². The molecule has 0 aliphatic carbocycles. The molecule has 6 nitrogen and oxygen atoms in total. The van der Waals surface area contributed by atoms with Gasteiger partial charge in [0, 0.05) is 6.54 Å². The van der Waals surface area contributed by atoms with Crippen LogP contribution in [0.3, 0.4) is 0 Å². The van der Waals surface area contributed by atoms with Gasteiger partial charge < -0.3 is 15.4 Å². The molecule has 7 heteroatoms. The number of aromatic nitrogens is 2. The summed E-state index contributed by atoms with van der Waals surface area (Å²) < 4.78 is 6.68. The van der Waals surface area contributed by atoms with E-state index in [-0.39, 0.29) is 0 Å². The number of carbonyl (C=O) groups excluding carboxylic acids is 1. The molecule has 1 aromatic carbocycles. The van der Waals surface area contributed by atoms with E-state index in [9.17, 15) is 4.79 Å². The third-order valence-corrected chi connectivity index (χ3v) is 3.08. The molecule has 0 aliphatic heterocycles. The van der Waals surface area contributed by atoms with Gasteiger partial charge in [0.15, 0.2) is 10.9 Å². The molecule has 0 aliphatic rings. The van der Waals surface area contributed by atoms with Crippen LogP contribution < -0.4 is 10.6 Å². The molecule has 0 spiro atoms. The van der Waals surface area contributed by atoms with Crippen molar-refractivity contribution in [3.63, 3.8) is 0 Å². The van der Waals surface area contributed by atoms with Crippen LogP contribution in [0.1, 0.15) is 24.2 Å². The Hall–Kier alpha value is -2.41. The number of para-hydroxylation sites is 1. The number of rotatable bonds is 5. The van der Waals surface area contributed by atoms with Gasteiger partial charge in [0.25, 0.3) is 0 Å². The summed E-state index contributed by atoms with van der Waals surface area (Å²) in [6.45, 7) is 4.68. The molecule has 0 unspecified atom stereocenters. The first-order chi connectivity index (χ1) is 10.7. The zero-order valence-corrected chi connectivity index (χ0v) is 13.3. The maximum atomic E-state index is 12.1. The van der Waals surface area contributed by atoms with Gasteiger partial charge in [-0.3, -0.25) is 0 Å². The van der Waals surface area contributed by atoms with Crippen molar-refractivity contribution in [3.05, 3.63) is 42.1 Å². The van der Waals surface area contributed by atoms with Gasteiger partial charge in [-0.15, -0.1) is 0 Å². The smallest absolute Gasteiger partial charge is 0.343 e. The summed E-state index contributed by atoms with van der Waals surface area (Å²) in [6, 6.07) is 9.49. The Morgan fingerprint density at radius 2 is 2.05 bits per heavy atom. The Kier molecular flexibility index (Phi) is 5.48. The highest BCUT2D eigenvalue weighted by Crippen LogP contribution is 2.21. The lowest BCUT2D eigenvalue weighted by Crippen LogP contribution is -2.29. The van der Waals surface area contributed by atoms with Crippen molar-refractivity contribution in [3.8, 4) is 5.69 Å². The molecule has 2 N–H and O–H groups in total. The van der Waals surface area contributed by atoms with E-state index in [4.69, 9.17) is 17.0 Å². The second-order valence-corrected chi connectivity index (χ2v) is 4.77. The molecule has 2 aromatic rings. The summed E-state index contributed by atoms with van der Waals surface area (Å²) in [7, 11) is 0. The van der Waals surface area contributed by atoms with Crippen LogP contribution in [0.2, 0.25) is 0 Å². The van der Waals surface area contributed by atoms with Crippen molar-refractivity contribution in [2.45, 2.75) is 13.8 Å². The normalized spacial score (nSPS) is 10.1. The minimum atomic E-state index is -0.438. The molecule has 0 amide bonds. The molecule has 116 valence electrons. The lowest BCUT2D eigenvalue weighted by molar-refractivity contribution is 0.0527. The summed E-state index contributed by atoms with van der Waals surface area (Å²) in [5, 5.41) is 10.7. The molecule has 2 rings (SSSR count). The number of anilines is 1. The van der Waals surface area contributed by atoms with Gasteiger partial charge in [-0.2, -0.15) is 5.10 Å². The average molecular weight is 318 g/mol. The van der Waals surface area contributed by atoms with Crippen LogP contribution in [-0.2, 0) is 4.74 Å². The SMILES string of the molecule is CCNC(=S)Nc1c(C(=O)OCC)cnn1-c1ccccc1. The topological polar surface area (TPSA) is 68.2 Å². The van der Waals surface area contributed by atoms with E-state index in [1.807, 2.05) is 37.3 Å². The molecular formula is C15H18N4O2S. The highest BCUT2D eigenvalue weighted by molar-refractivity contribution is 7.80. The van der Waals surface area contributed by atoms with Crippen LogP contribution in [0, 0.1) is 0 Å². The molecule has 0 atom stereocenters. The number of thiocarbonyl (C=S) groups is 1. The highest BCUT2D eigenvalue weighted by Gasteiger charge is 2.20. The molecule has 0 saturated carbocycles. The Labute approximate surface area is 134 Å². The lowest BCUT2D eigenvalue weighted by Gasteiger charge is -2.13. The molecule has 0 saturated heterocycles. The van der Waals surface area contributed by atoms with Crippen LogP contribution in [0.15, 0.2) is 36.5 Å². The molecular weight excluding hydrogens is 300 g/mol. The number of ether oxygens (including phenoxy) is 1. The predicted molar refractivity (Wildman–Crippen MR) is 89.4 cm³/mol. The van der Waals surface area contributed by atoms with Gasteiger partial charge in [0.1, 0.15) is 5.56 Å². The number of carbonyl (C=O) groups is 1. The summed E-state index contributed by atoms with van der Waals surface area (Å²) in [5.74, 6) is 0.0436. The molecule has 0 bridgehead atoms. The van der Waals surface area contributed by atoms with E-state index in [0.717, 1.165) is 5.69 Å².